The van der Waals surface area contributed by atoms with E-state index in [2.05, 4.69) is 36.4 Å². The molecule has 0 radical (unpaired) electrons. The average Bonchev–Trinajstić information content (AvgIpc) is 2.48. The first-order valence-corrected chi connectivity index (χ1v) is 8.15. The van der Waals surface area contributed by atoms with Crippen molar-refractivity contribution in [3.63, 3.8) is 0 Å². The topological polar surface area (TPSA) is 76.5 Å². The molecule has 1 aromatic carbocycles. The van der Waals surface area contributed by atoms with Crippen molar-refractivity contribution < 1.29 is 4.74 Å². The molecule has 1 saturated heterocycles. The van der Waals surface area contributed by atoms with Crippen molar-refractivity contribution in [1.82, 2.24) is 10.2 Å². The maximum Gasteiger partial charge on any atom is 0.119 e. The number of hydrogen-bond donors (Lipinski definition) is 3. The summed E-state index contributed by atoms with van der Waals surface area (Å²) in [5.74, 6) is 0.912. The summed E-state index contributed by atoms with van der Waals surface area (Å²) in [6, 6.07) is 8.20. The van der Waals surface area contributed by atoms with Crippen LogP contribution < -0.4 is 21.5 Å². The Labute approximate surface area is 134 Å². The highest BCUT2D eigenvalue weighted by molar-refractivity contribution is 5.28. The third-order valence-corrected chi connectivity index (χ3v) is 4.25. The van der Waals surface area contributed by atoms with Gasteiger partial charge in [0.2, 0.25) is 0 Å². The molecule has 22 heavy (non-hydrogen) atoms. The van der Waals surface area contributed by atoms with Crippen molar-refractivity contribution in [2.45, 2.75) is 37.4 Å². The summed E-state index contributed by atoms with van der Waals surface area (Å²) in [5, 5.41) is 3.38. The molecule has 1 aromatic rings. The van der Waals surface area contributed by atoms with Crippen LogP contribution in [0.2, 0.25) is 0 Å². The third kappa shape index (κ3) is 4.95. The Balaban J connectivity index is 1.83. The zero-order valence-corrected chi connectivity index (χ0v) is 13.8. The molecule has 124 valence electrons. The number of hydrogen-bond acceptors (Lipinski definition) is 5. The number of rotatable bonds is 7. The smallest absolute Gasteiger partial charge is 0.119 e. The molecule has 1 aliphatic heterocycles. The lowest BCUT2D eigenvalue weighted by molar-refractivity contribution is 0.220. The molecular weight excluding hydrogens is 276 g/mol. The second kappa shape index (κ2) is 7.92. The largest absolute Gasteiger partial charge is 0.494 e. The minimum atomic E-state index is -0.494. The second-order valence-corrected chi connectivity index (χ2v) is 6.54. The van der Waals surface area contributed by atoms with Gasteiger partial charge in [-0.2, -0.15) is 0 Å². The van der Waals surface area contributed by atoms with E-state index in [-0.39, 0.29) is 6.04 Å². The van der Waals surface area contributed by atoms with Gasteiger partial charge in [-0.1, -0.05) is 12.1 Å². The molecule has 1 fully saturated rings. The molecule has 0 amide bonds. The number of nitrogens with zero attached hydrogens (tertiary/aromatic N) is 1. The Hall–Kier alpha value is -1.14. The monoisotopic (exact) mass is 306 g/mol. The number of benzene rings is 1. The summed E-state index contributed by atoms with van der Waals surface area (Å²) in [7, 11) is 4.14. The molecule has 0 aromatic heterocycles. The zero-order chi connectivity index (χ0) is 16.0. The quantitative estimate of drug-likeness (QED) is 0.653. The Morgan fingerprint density at radius 1 is 1.32 bits per heavy atom. The predicted octanol–water partition coefficient (Wildman–Crippen LogP) is 0.925. The molecule has 2 atom stereocenters. The summed E-state index contributed by atoms with van der Waals surface area (Å²) >= 11 is 0. The predicted molar refractivity (Wildman–Crippen MR) is 90.9 cm³/mol. The highest BCUT2D eigenvalue weighted by atomic mass is 16.5. The van der Waals surface area contributed by atoms with Crippen molar-refractivity contribution in [3.05, 3.63) is 29.8 Å². The minimum absolute atomic E-state index is 0.00297. The first-order chi connectivity index (χ1) is 10.5. The van der Waals surface area contributed by atoms with Crippen LogP contribution in [0.25, 0.3) is 0 Å². The number of nitrogens with one attached hydrogen (secondary N) is 1. The van der Waals surface area contributed by atoms with E-state index in [1.807, 2.05) is 12.1 Å². The Kier molecular flexibility index (Phi) is 6.20. The zero-order valence-electron chi connectivity index (χ0n) is 13.8. The van der Waals surface area contributed by atoms with E-state index in [1.54, 1.807) is 0 Å². The lowest BCUT2D eigenvalue weighted by Crippen LogP contribution is -2.68. The summed E-state index contributed by atoms with van der Waals surface area (Å²) < 4.78 is 5.75. The molecule has 2 rings (SSSR count). The van der Waals surface area contributed by atoms with Crippen molar-refractivity contribution >= 4 is 0 Å². The van der Waals surface area contributed by atoms with Crippen LogP contribution in [-0.4, -0.2) is 50.4 Å². The van der Waals surface area contributed by atoms with E-state index in [1.165, 1.54) is 5.56 Å². The minimum Gasteiger partial charge on any atom is -0.494 e. The fraction of sp³-hybridized carbons (Fsp3) is 0.647. The third-order valence-electron chi connectivity index (χ3n) is 4.25. The number of nitrogens with two attached hydrogens (primary N) is 2. The van der Waals surface area contributed by atoms with E-state index in [0.29, 0.717) is 0 Å². The molecule has 5 nitrogen and oxygen atoms in total. The molecule has 1 heterocycles. The van der Waals surface area contributed by atoms with Crippen LogP contribution in [0, 0.1) is 0 Å². The first kappa shape index (κ1) is 17.2. The van der Waals surface area contributed by atoms with Gasteiger partial charge in [0.15, 0.2) is 0 Å². The van der Waals surface area contributed by atoms with Crippen molar-refractivity contribution in [2.24, 2.45) is 11.5 Å². The van der Waals surface area contributed by atoms with E-state index in [4.69, 9.17) is 16.2 Å². The standard InChI is InChI=1S/C17H30N4O/c1-21(2)11-4-12-22-15-8-6-14(7-9-15)13-17(19)16(18)5-3-10-20-17/h6-9,16,20H,3-5,10-13,18-19H2,1-2H3. The maximum atomic E-state index is 6.43. The molecule has 0 bridgehead atoms. The number of piperidine rings is 1. The molecule has 0 aliphatic carbocycles. The summed E-state index contributed by atoms with van der Waals surface area (Å²) in [5.41, 5.74) is 13.3. The van der Waals surface area contributed by atoms with Gasteiger partial charge in [0.25, 0.3) is 0 Å². The molecular formula is C17H30N4O. The van der Waals surface area contributed by atoms with Gasteiger partial charge in [-0.15, -0.1) is 0 Å². The van der Waals surface area contributed by atoms with Crippen LogP contribution in [0.15, 0.2) is 24.3 Å². The Morgan fingerprint density at radius 2 is 2.05 bits per heavy atom. The lowest BCUT2D eigenvalue weighted by Gasteiger charge is -2.40. The van der Waals surface area contributed by atoms with Gasteiger partial charge >= 0.3 is 0 Å². The van der Waals surface area contributed by atoms with Crippen molar-refractivity contribution in [2.75, 3.05) is 33.8 Å². The van der Waals surface area contributed by atoms with Crippen LogP contribution in [0.5, 0.6) is 5.75 Å². The van der Waals surface area contributed by atoms with Gasteiger partial charge in [0, 0.05) is 19.0 Å². The number of ether oxygens (including phenoxy) is 1. The van der Waals surface area contributed by atoms with Crippen molar-refractivity contribution in [1.29, 1.82) is 0 Å². The van der Waals surface area contributed by atoms with Gasteiger partial charge in [-0.3, -0.25) is 5.32 Å². The van der Waals surface area contributed by atoms with E-state index >= 15 is 0 Å². The highest BCUT2D eigenvalue weighted by Crippen LogP contribution is 2.20. The van der Waals surface area contributed by atoms with Crippen LogP contribution in [0.4, 0.5) is 0 Å². The lowest BCUT2D eigenvalue weighted by atomic mass is 9.87. The van der Waals surface area contributed by atoms with Gasteiger partial charge in [-0.05, 0) is 57.6 Å². The highest BCUT2D eigenvalue weighted by Gasteiger charge is 2.34. The van der Waals surface area contributed by atoms with Crippen LogP contribution in [-0.2, 0) is 6.42 Å². The van der Waals surface area contributed by atoms with Crippen LogP contribution in [0.1, 0.15) is 24.8 Å². The fourth-order valence-electron chi connectivity index (χ4n) is 2.84. The van der Waals surface area contributed by atoms with E-state index in [0.717, 1.165) is 51.1 Å². The second-order valence-electron chi connectivity index (χ2n) is 6.54. The van der Waals surface area contributed by atoms with E-state index < -0.39 is 5.66 Å². The van der Waals surface area contributed by atoms with E-state index in [9.17, 15) is 0 Å². The molecule has 0 spiro atoms. The van der Waals surface area contributed by atoms with Crippen molar-refractivity contribution in [3.8, 4) is 5.75 Å². The first-order valence-electron chi connectivity index (χ1n) is 8.15. The molecule has 1 aliphatic rings. The maximum absolute atomic E-state index is 6.43. The molecule has 0 saturated carbocycles. The Bertz CT molecular complexity index is 448. The van der Waals surface area contributed by atoms with Crippen LogP contribution in [0.3, 0.4) is 0 Å². The Morgan fingerprint density at radius 3 is 2.68 bits per heavy atom. The molecule has 2 unspecified atom stereocenters. The summed E-state index contributed by atoms with van der Waals surface area (Å²) in [6.07, 6.45) is 3.85. The molecule has 5 N–H and O–H groups in total. The van der Waals surface area contributed by atoms with Gasteiger partial charge in [0.1, 0.15) is 5.75 Å². The SMILES string of the molecule is CN(C)CCCOc1ccc(CC2(N)NCCCC2N)cc1. The van der Waals surface area contributed by atoms with Crippen LogP contribution >= 0.6 is 0 Å². The van der Waals surface area contributed by atoms with Gasteiger partial charge in [0.05, 0.1) is 12.3 Å². The average molecular weight is 306 g/mol. The normalized spacial score (nSPS) is 25.4. The summed E-state index contributed by atoms with van der Waals surface area (Å²) in [6.45, 7) is 2.72. The molecule has 5 heteroatoms. The van der Waals surface area contributed by atoms with Gasteiger partial charge < -0.3 is 21.1 Å². The fourth-order valence-corrected chi connectivity index (χ4v) is 2.84. The summed E-state index contributed by atoms with van der Waals surface area (Å²) in [4.78, 5) is 2.16. The van der Waals surface area contributed by atoms with Gasteiger partial charge in [-0.25, -0.2) is 0 Å².